The minimum Gasteiger partial charge on any atom is -0.422 e. The molecule has 0 bridgehead atoms. The predicted molar refractivity (Wildman–Crippen MR) is 49.7 cm³/mol. The summed E-state index contributed by atoms with van der Waals surface area (Å²) < 4.78 is 4.88. The van der Waals surface area contributed by atoms with Gasteiger partial charge in [-0.1, -0.05) is 18.2 Å². The first-order valence-electron chi connectivity index (χ1n) is 4.07. The molecule has 1 aromatic carbocycles. The van der Waals surface area contributed by atoms with E-state index < -0.39 is 11.9 Å². The van der Waals surface area contributed by atoms with Crippen LogP contribution in [0.4, 0.5) is 0 Å². The van der Waals surface area contributed by atoms with Crippen LogP contribution < -0.4 is 5.63 Å². The zero-order chi connectivity index (χ0) is 10.1. The Hall–Kier alpha value is -1.65. The van der Waals surface area contributed by atoms with Gasteiger partial charge in [0.05, 0.1) is 5.56 Å². The average molecular weight is 192 g/mol. The van der Waals surface area contributed by atoms with E-state index in [2.05, 4.69) is 0 Å². The Morgan fingerprint density at radius 3 is 2.64 bits per heavy atom. The van der Waals surface area contributed by atoms with Crippen LogP contribution in [0.25, 0.3) is 11.0 Å². The minimum absolute atomic E-state index is 0.149. The lowest BCUT2D eigenvalue weighted by molar-refractivity contribution is -0.0445. The molecule has 0 spiro atoms. The van der Waals surface area contributed by atoms with Crippen LogP contribution in [0, 0.1) is 0 Å². The van der Waals surface area contributed by atoms with Gasteiger partial charge in [0.25, 0.3) is 0 Å². The third-order valence-electron chi connectivity index (χ3n) is 1.95. The highest BCUT2D eigenvalue weighted by molar-refractivity contribution is 5.76. The van der Waals surface area contributed by atoms with E-state index in [-0.39, 0.29) is 5.56 Å². The van der Waals surface area contributed by atoms with E-state index in [4.69, 9.17) is 14.6 Å². The highest BCUT2D eigenvalue weighted by Crippen LogP contribution is 2.15. The maximum Gasteiger partial charge on any atom is 0.344 e. The summed E-state index contributed by atoms with van der Waals surface area (Å²) in [6, 6.07) is 8.29. The smallest absolute Gasteiger partial charge is 0.344 e. The molecular weight excluding hydrogens is 184 g/mol. The number of rotatable bonds is 1. The van der Waals surface area contributed by atoms with Gasteiger partial charge in [0.15, 0.2) is 6.29 Å². The quantitative estimate of drug-likeness (QED) is 0.517. The summed E-state index contributed by atoms with van der Waals surface area (Å²) in [7, 11) is 0. The van der Waals surface area contributed by atoms with Gasteiger partial charge in [0.1, 0.15) is 5.58 Å². The number of fused-ring (bicyclic) bond motifs is 1. The third-order valence-corrected chi connectivity index (χ3v) is 1.95. The van der Waals surface area contributed by atoms with Crippen LogP contribution in [0.2, 0.25) is 0 Å². The highest BCUT2D eigenvalue weighted by Gasteiger charge is 2.10. The molecule has 14 heavy (non-hydrogen) atoms. The van der Waals surface area contributed by atoms with Gasteiger partial charge in [-0.15, -0.1) is 0 Å². The Labute approximate surface area is 79.0 Å². The SMILES string of the molecule is O=c1oc2ccccc2cc1C(O)O. The lowest BCUT2D eigenvalue weighted by Gasteiger charge is -2.02. The summed E-state index contributed by atoms with van der Waals surface area (Å²) in [6.45, 7) is 0. The average Bonchev–Trinajstić information content (AvgIpc) is 2.16. The summed E-state index contributed by atoms with van der Waals surface area (Å²) >= 11 is 0. The Kier molecular flexibility index (Phi) is 2.07. The molecule has 0 atom stereocenters. The van der Waals surface area contributed by atoms with Crippen molar-refractivity contribution in [2.45, 2.75) is 6.29 Å². The van der Waals surface area contributed by atoms with Gasteiger partial charge in [0, 0.05) is 5.39 Å². The first-order chi connectivity index (χ1) is 6.68. The molecular formula is C10H8O4. The number of aliphatic hydroxyl groups is 2. The molecule has 1 aromatic heterocycles. The molecule has 0 fully saturated rings. The van der Waals surface area contributed by atoms with Gasteiger partial charge in [-0.25, -0.2) is 4.79 Å². The van der Waals surface area contributed by atoms with Crippen molar-refractivity contribution in [3.63, 3.8) is 0 Å². The van der Waals surface area contributed by atoms with Crippen LogP contribution in [0.1, 0.15) is 11.9 Å². The normalized spacial score (nSPS) is 11.1. The molecule has 0 amide bonds. The van der Waals surface area contributed by atoms with E-state index in [0.717, 1.165) is 0 Å². The van der Waals surface area contributed by atoms with E-state index in [1.165, 1.54) is 6.07 Å². The fraction of sp³-hybridized carbons (Fsp3) is 0.100. The lowest BCUT2D eigenvalue weighted by Crippen LogP contribution is -2.11. The van der Waals surface area contributed by atoms with Crippen LogP contribution in [0.3, 0.4) is 0 Å². The van der Waals surface area contributed by atoms with Crippen LogP contribution in [-0.2, 0) is 0 Å². The van der Waals surface area contributed by atoms with Gasteiger partial charge >= 0.3 is 5.63 Å². The van der Waals surface area contributed by atoms with Crippen molar-refractivity contribution in [2.24, 2.45) is 0 Å². The van der Waals surface area contributed by atoms with E-state index >= 15 is 0 Å². The Morgan fingerprint density at radius 1 is 1.21 bits per heavy atom. The molecule has 4 heteroatoms. The van der Waals surface area contributed by atoms with Crippen molar-refractivity contribution < 1.29 is 14.6 Å². The van der Waals surface area contributed by atoms with Gasteiger partial charge in [-0.3, -0.25) is 0 Å². The van der Waals surface area contributed by atoms with Gasteiger partial charge in [-0.2, -0.15) is 0 Å². The summed E-state index contributed by atoms with van der Waals surface area (Å²) in [5, 5.41) is 18.4. The summed E-state index contributed by atoms with van der Waals surface area (Å²) in [5.74, 6) is 0. The third kappa shape index (κ3) is 1.41. The van der Waals surface area contributed by atoms with Crippen LogP contribution >= 0.6 is 0 Å². The van der Waals surface area contributed by atoms with E-state index in [0.29, 0.717) is 11.0 Å². The zero-order valence-electron chi connectivity index (χ0n) is 7.18. The fourth-order valence-electron chi connectivity index (χ4n) is 1.26. The number of aliphatic hydroxyl groups excluding tert-OH is 1. The van der Waals surface area contributed by atoms with E-state index in [1.54, 1.807) is 24.3 Å². The molecule has 1 heterocycles. The Morgan fingerprint density at radius 2 is 1.93 bits per heavy atom. The maximum absolute atomic E-state index is 11.2. The largest absolute Gasteiger partial charge is 0.422 e. The number of benzene rings is 1. The number of hydrogen-bond donors (Lipinski definition) is 2. The monoisotopic (exact) mass is 192 g/mol. The molecule has 0 radical (unpaired) electrons. The molecule has 0 aliphatic heterocycles. The van der Waals surface area contributed by atoms with Crippen molar-refractivity contribution in [1.82, 2.24) is 0 Å². The van der Waals surface area contributed by atoms with Gasteiger partial charge < -0.3 is 14.6 Å². The number of hydrogen-bond acceptors (Lipinski definition) is 4. The Bertz CT molecular complexity index is 513. The van der Waals surface area contributed by atoms with E-state index in [9.17, 15) is 4.79 Å². The topological polar surface area (TPSA) is 70.7 Å². The second-order valence-corrected chi connectivity index (χ2v) is 2.90. The van der Waals surface area contributed by atoms with Crippen LogP contribution in [-0.4, -0.2) is 10.2 Å². The first kappa shape index (κ1) is 8.93. The van der Waals surface area contributed by atoms with Gasteiger partial charge in [-0.05, 0) is 12.1 Å². The van der Waals surface area contributed by atoms with Crippen LogP contribution in [0.15, 0.2) is 39.5 Å². The van der Waals surface area contributed by atoms with Crippen molar-refractivity contribution in [1.29, 1.82) is 0 Å². The molecule has 4 nitrogen and oxygen atoms in total. The second-order valence-electron chi connectivity index (χ2n) is 2.90. The molecule has 0 aliphatic carbocycles. The molecule has 0 aliphatic rings. The van der Waals surface area contributed by atoms with Crippen LogP contribution in [0.5, 0.6) is 0 Å². The summed E-state index contributed by atoms with van der Waals surface area (Å²) in [5.41, 5.74) is -0.440. The van der Waals surface area contributed by atoms with Gasteiger partial charge in [0.2, 0.25) is 0 Å². The Balaban J connectivity index is 2.78. The molecule has 2 N–H and O–H groups in total. The zero-order valence-corrected chi connectivity index (χ0v) is 7.18. The molecule has 0 unspecified atom stereocenters. The maximum atomic E-state index is 11.2. The predicted octanol–water partition coefficient (Wildman–Crippen LogP) is 0.776. The van der Waals surface area contributed by atoms with Crippen molar-refractivity contribution in [3.05, 3.63) is 46.3 Å². The van der Waals surface area contributed by atoms with E-state index in [1.807, 2.05) is 0 Å². The standard InChI is InChI=1S/C10H8O4/c11-9(12)7-5-6-3-1-2-4-8(6)14-10(7)13/h1-5,9,11-12H. The molecule has 2 rings (SSSR count). The number of para-hydroxylation sites is 1. The fourth-order valence-corrected chi connectivity index (χ4v) is 1.26. The minimum atomic E-state index is -1.80. The van der Waals surface area contributed by atoms with Crippen molar-refractivity contribution in [2.75, 3.05) is 0 Å². The van der Waals surface area contributed by atoms with Crippen molar-refractivity contribution >= 4 is 11.0 Å². The van der Waals surface area contributed by atoms with Crippen molar-refractivity contribution in [3.8, 4) is 0 Å². The summed E-state index contributed by atoms with van der Waals surface area (Å²) in [4.78, 5) is 11.2. The lowest BCUT2D eigenvalue weighted by atomic mass is 10.2. The first-order valence-corrected chi connectivity index (χ1v) is 4.07. The summed E-state index contributed by atoms with van der Waals surface area (Å²) in [6.07, 6.45) is -1.80. The molecule has 0 saturated heterocycles. The molecule has 0 saturated carbocycles. The second kappa shape index (κ2) is 3.25. The highest BCUT2D eigenvalue weighted by atomic mass is 16.5. The molecule has 2 aromatic rings. The molecule has 72 valence electrons.